The minimum absolute atomic E-state index is 0.000412. The highest BCUT2D eigenvalue weighted by molar-refractivity contribution is 5.97. The lowest BCUT2D eigenvalue weighted by Crippen LogP contribution is -2.61. The Bertz CT molecular complexity index is 1970. The van der Waals surface area contributed by atoms with Crippen LogP contribution in [0, 0.1) is 18.2 Å². The van der Waals surface area contributed by atoms with Crippen LogP contribution in [0.15, 0.2) is 41.3 Å². The van der Waals surface area contributed by atoms with Gasteiger partial charge in [0, 0.05) is 55.8 Å². The molecule has 4 atom stereocenters. The Balaban J connectivity index is 1.28. The van der Waals surface area contributed by atoms with Crippen molar-refractivity contribution in [2.75, 3.05) is 37.7 Å². The van der Waals surface area contributed by atoms with E-state index in [4.69, 9.17) is 17.5 Å². The van der Waals surface area contributed by atoms with Crippen molar-refractivity contribution in [1.29, 1.82) is 0 Å². The molecule has 0 radical (unpaired) electrons. The average molecular weight is 600 g/mol. The molecule has 226 valence electrons. The molecular formula is C33H32F2N6O3. The molecule has 0 amide bonds. The second-order valence-corrected chi connectivity index (χ2v) is 12.4. The third-order valence-corrected chi connectivity index (χ3v) is 9.87. The maximum Gasteiger partial charge on any atom is 0.319 e. The van der Waals surface area contributed by atoms with Crippen LogP contribution in [0.1, 0.15) is 39.0 Å². The standard InChI is InChI=1S/C33H32F2N6O3/c1-2-24-26(35)7-4-19-12-23(42)13-27(28(19)24)40-11-8-25-29(31(40)43)37-32(38-30(25)41-17-21-5-6-22(41)15-36-21)44-18-33-9-3-10-39(33)16-20(34)14-33/h1,4,7-8,11-13,20-22,36,42H,3,5-6,9-10,14-18H2/t20-,21?,22?,33+/m1/s1/i20D. The Morgan fingerprint density at radius 1 is 1.25 bits per heavy atom. The third kappa shape index (κ3) is 4.23. The van der Waals surface area contributed by atoms with Gasteiger partial charge in [0.1, 0.15) is 35.7 Å². The first kappa shape index (κ1) is 26.2. The summed E-state index contributed by atoms with van der Waals surface area (Å²) in [6.45, 7) is 2.33. The van der Waals surface area contributed by atoms with Crippen molar-refractivity contribution < 1.29 is 20.0 Å². The van der Waals surface area contributed by atoms with Gasteiger partial charge in [-0.05, 0) is 55.8 Å². The van der Waals surface area contributed by atoms with E-state index in [0.29, 0.717) is 47.5 Å². The Morgan fingerprint density at radius 2 is 2.14 bits per heavy atom. The van der Waals surface area contributed by atoms with Crippen molar-refractivity contribution in [3.63, 3.8) is 0 Å². The number of alkyl halides is 1. The van der Waals surface area contributed by atoms with Crippen LogP contribution in [0.25, 0.3) is 27.4 Å². The van der Waals surface area contributed by atoms with Gasteiger partial charge in [-0.25, -0.2) is 8.78 Å². The zero-order valence-electron chi connectivity index (χ0n) is 25.0. The molecule has 5 fully saturated rings. The Hall–Kier alpha value is -4.27. The zero-order valence-corrected chi connectivity index (χ0v) is 24.0. The number of hydrogen-bond donors (Lipinski definition) is 2. The molecule has 2 bridgehead atoms. The number of anilines is 1. The van der Waals surface area contributed by atoms with Crippen molar-refractivity contribution in [1.82, 2.24) is 24.8 Å². The maximum atomic E-state index is 14.8. The molecule has 2 N–H and O–H groups in total. The predicted molar refractivity (Wildman–Crippen MR) is 163 cm³/mol. The van der Waals surface area contributed by atoms with Crippen LogP contribution in [-0.2, 0) is 0 Å². The van der Waals surface area contributed by atoms with Gasteiger partial charge in [-0.2, -0.15) is 9.97 Å². The molecular weight excluding hydrogens is 566 g/mol. The van der Waals surface area contributed by atoms with E-state index in [1.807, 2.05) is 4.90 Å². The molecule has 5 aliphatic heterocycles. The van der Waals surface area contributed by atoms with Gasteiger partial charge in [0.25, 0.3) is 5.56 Å². The number of aromatic hydroxyl groups is 1. The fourth-order valence-electron chi connectivity index (χ4n) is 7.73. The fraction of sp³-hybridized carbons (Fsp3) is 0.424. The molecule has 2 aromatic carbocycles. The number of hydrogen-bond acceptors (Lipinski definition) is 8. The normalized spacial score (nSPS) is 28.4. The van der Waals surface area contributed by atoms with Gasteiger partial charge in [-0.3, -0.25) is 14.3 Å². The number of benzene rings is 2. The van der Waals surface area contributed by atoms with Crippen LogP contribution >= 0.6 is 0 Å². The largest absolute Gasteiger partial charge is 0.508 e. The summed E-state index contributed by atoms with van der Waals surface area (Å²) in [6.07, 6.45) is 8.87. The van der Waals surface area contributed by atoms with Crippen LogP contribution in [0.2, 0.25) is 0 Å². The Morgan fingerprint density at radius 3 is 2.91 bits per heavy atom. The van der Waals surface area contributed by atoms with Crippen LogP contribution < -0.4 is 20.5 Å². The molecule has 44 heavy (non-hydrogen) atoms. The summed E-state index contributed by atoms with van der Waals surface area (Å²) in [7, 11) is 0. The minimum Gasteiger partial charge on any atom is -0.508 e. The van der Waals surface area contributed by atoms with E-state index in [1.54, 1.807) is 12.3 Å². The number of nitrogens with zero attached hydrogens (tertiary/aromatic N) is 5. The van der Waals surface area contributed by atoms with E-state index in [2.05, 4.69) is 21.1 Å². The quantitative estimate of drug-likeness (QED) is 0.336. The van der Waals surface area contributed by atoms with Gasteiger partial charge < -0.3 is 20.1 Å². The van der Waals surface area contributed by atoms with Gasteiger partial charge in [0.05, 0.1) is 23.5 Å². The Kier molecular flexibility index (Phi) is 6.03. The molecule has 5 saturated heterocycles. The lowest BCUT2D eigenvalue weighted by Gasteiger charge is -2.46. The number of phenolic OH excluding ortho intramolecular Hbond substituents is 1. The molecule has 0 spiro atoms. The van der Waals surface area contributed by atoms with Crippen LogP contribution in [0.3, 0.4) is 0 Å². The summed E-state index contributed by atoms with van der Waals surface area (Å²) >= 11 is 0. The summed E-state index contributed by atoms with van der Waals surface area (Å²) in [6, 6.07) is 7.80. The van der Waals surface area contributed by atoms with Crippen LogP contribution in [0.5, 0.6) is 11.8 Å². The van der Waals surface area contributed by atoms with E-state index in [1.165, 1.54) is 28.8 Å². The molecule has 5 aliphatic rings. The number of nitrogens with one attached hydrogen (secondary N) is 1. The molecule has 9 nitrogen and oxygen atoms in total. The number of aromatic nitrogens is 3. The Labute approximate surface area is 253 Å². The number of pyridine rings is 1. The highest BCUT2D eigenvalue weighted by Gasteiger charge is 2.49. The first-order valence-corrected chi connectivity index (χ1v) is 15.1. The van der Waals surface area contributed by atoms with Crippen molar-refractivity contribution >= 4 is 27.5 Å². The predicted octanol–water partition coefficient (Wildman–Crippen LogP) is 3.66. The number of phenols is 1. The molecule has 0 saturated carbocycles. The highest BCUT2D eigenvalue weighted by Crippen LogP contribution is 2.41. The smallest absolute Gasteiger partial charge is 0.319 e. The molecule has 9 rings (SSSR count). The lowest BCUT2D eigenvalue weighted by atomic mass is 9.93. The van der Waals surface area contributed by atoms with Gasteiger partial charge in [0.2, 0.25) is 0 Å². The van der Waals surface area contributed by atoms with Crippen LogP contribution in [-0.4, -0.2) is 81.1 Å². The summed E-state index contributed by atoms with van der Waals surface area (Å²) in [5.74, 6) is 2.25. The number of rotatable bonds is 5. The second-order valence-electron chi connectivity index (χ2n) is 12.4. The summed E-state index contributed by atoms with van der Waals surface area (Å²) in [5.41, 5.74) is -0.857. The van der Waals surface area contributed by atoms with Gasteiger partial charge in [-0.1, -0.05) is 12.0 Å². The zero-order chi connectivity index (χ0) is 31.1. The topological polar surface area (TPSA) is 95.8 Å². The first-order valence-electron chi connectivity index (χ1n) is 15.6. The molecule has 4 aromatic rings. The third-order valence-electron chi connectivity index (χ3n) is 9.87. The number of piperidine rings is 2. The lowest BCUT2D eigenvalue weighted by molar-refractivity contribution is 0.107. The van der Waals surface area contributed by atoms with Gasteiger partial charge in [-0.15, -0.1) is 6.42 Å². The first-order chi connectivity index (χ1) is 21.6. The molecule has 11 heteroatoms. The molecule has 7 heterocycles. The van der Waals surface area contributed by atoms with Crippen molar-refractivity contribution in [2.24, 2.45) is 0 Å². The van der Waals surface area contributed by atoms with E-state index in [9.17, 15) is 18.7 Å². The van der Waals surface area contributed by atoms with Crippen molar-refractivity contribution in [3.05, 3.63) is 58.3 Å². The number of fused-ring (bicyclic) bond motifs is 6. The molecule has 0 aliphatic carbocycles. The van der Waals surface area contributed by atoms with Crippen molar-refractivity contribution in [3.8, 4) is 29.8 Å². The van der Waals surface area contributed by atoms with E-state index in [0.717, 1.165) is 25.8 Å². The van der Waals surface area contributed by atoms with Gasteiger partial charge >= 0.3 is 6.01 Å². The summed E-state index contributed by atoms with van der Waals surface area (Å²) in [4.78, 5) is 27.9. The fourth-order valence-corrected chi connectivity index (χ4v) is 7.73. The minimum atomic E-state index is -2.05. The monoisotopic (exact) mass is 599 g/mol. The van der Waals surface area contributed by atoms with Crippen LogP contribution in [0.4, 0.5) is 14.6 Å². The second kappa shape index (κ2) is 10.1. The summed E-state index contributed by atoms with van der Waals surface area (Å²) < 4.78 is 45.2. The van der Waals surface area contributed by atoms with E-state index < -0.39 is 23.1 Å². The summed E-state index contributed by atoms with van der Waals surface area (Å²) in [5, 5.41) is 15.4. The highest BCUT2D eigenvalue weighted by atomic mass is 19.1. The van der Waals surface area contributed by atoms with Crippen molar-refractivity contribution in [2.45, 2.75) is 55.9 Å². The molecule has 2 unspecified atom stereocenters. The van der Waals surface area contributed by atoms with Gasteiger partial charge in [0.15, 0.2) is 0 Å². The SMILES string of the molecule is [2H][C@]1(F)CN2CCC[C@@]2(COc2nc(N3CC4CCC3CN4)c3ccn(-c4cc(O)cc5ccc(F)c(C#C)c45)c(=O)c3n2)C1. The average Bonchev–Trinajstić information content (AvgIpc) is 3.52. The molecule has 2 aromatic heterocycles. The maximum absolute atomic E-state index is 14.8. The van der Waals surface area contributed by atoms with E-state index >= 15 is 0 Å². The number of ether oxygens (including phenoxy) is 1. The number of terminal acetylenes is 1. The number of piperazine rings is 1. The number of halogens is 2. The van der Waals surface area contributed by atoms with E-state index in [-0.39, 0.29) is 54.1 Å².